The van der Waals surface area contributed by atoms with E-state index < -0.39 is 27.3 Å². The zero-order chi connectivity index (χ0) is 15.5. The monoisotopic (exact) mass is 314 g/mol. The lowest BCUT2D eigenvalue weighted by molar-refractivity contribution is -0.119. The van der Waals surface area contributed by atoms with Crippen molar-refractivity contribution >= 4 is 21.4 Å². The van der Waals surface area contributed by atoms with Gasteiger partial charge in [0.1, 0.15) is 11.6 Å². The Kier molecular flexibility index (Phi) is 4.82. The van der Waals surface area contributed by atoms with Gasteiger partial charge in [0.05, 0.1) is 10.6 Å². The number of carbonyl (C=O) groups excluding carboxylic acids is 1. The van der Waals surface area contributed by atoms with Crippen molar-refractivity contribution < 1.29 is 17.6 Å². The summed E-state index contributed by atoms with van der Waals surface area (Å²) < 4.78 is 37.5. The van der Waals surface area contributed by atoms with Crippen molar-refractivity contribution in [1.82, 2.24) is 5.32 Å². The van der Waals surface area contributed by atoms with Crippen LogP contribution in [0.3, 0.4) is 0 Å². The number of hydrogen-bond acceptors (Lipinski definition) is 4. The van der Waals surface area contributed by atoms with E-state index in [4.69, 9.17) is 5.73 Å². The summed E-state index contributed by atoms with van der Waals surface area (Å²) in [6.45, 7) is 0. The van der Waals surface area contributed by atoms with E-state index in [1.165, 1.54) is 6.07 Å². The Labute approximate surface area is 123 Å². The first-order chi connectivity index (χ1) is 9.88. The van der Waals surface area contributed by atoms with Crippen molar-refractivity contribution in [2.24, 2.45) is 0 Å². The van der Waals surface area contributed by atoms with Crippen LogP contribution in [0.15, 0.2) is 23.1 Å². The van der Waals surface area contributed by atoms with Gasteiger partial charge < -0.3 is 11.1 Å². The molecule has 1 saturated carbocycles. The van der Waals surface area contributed by atoms with Gasteiger partial charge in [-0.2, -0.15) is 0 Å². The summed E-state index contributed by atoms with van der Waals surface area (Å²) in [6, 6.07) is 3.14. The van der Waals surface area contributed by atoms with Gasteiger partial charge in [-0.05, 0) is 31.0 Å². The predicted molar refractivity (Wildman–Crippen MR) is 77.9 cm³/mol. The molecule has 1 aliphatic carbocycles. The second-order valence-corrected chi connectivity index (χ2v) is 7.30. The molecule has 2 rings (SSSR count). The van der Waals surface area contributed by atoms with Gasteiger partial charge in [-0.1, -0.05) is 19.3 Å². The Bertz CT molecular complexity index is 625. The number of anilines is 1. The third kappa shape index (κ3) is 4.17. The third-order valence-electron chi connectivity index (χ3n) is 3.60. The number of nitrogens with two attached hydrogens (primary N) is 1. The first-order valence-corrected chi connectivity index (χ1v) is 8.61. The minimum absolute atomic E-state index is 0.0336. The number of rotatable bonds is 4. The number of halogens is 1. The maximum atomic E-state index is 13.2. The van der Waals surface area contributed by atoms with Crippen LogP contribution in [0.5, 0.6) is 0 Å². The molecule has 7 heteroatoms. The Morgan fingerprint density at radius 2 is 1.95 bits per heavy atom. The van der Waals surface area contributed by atoms with E-state index in [9.17, 15) is 17.6 Å². The van der Waals surface area contributed by atoms with Crippen molar-refractivity contribution in [3.63, 3.8) is 0 Å². The molecule has 0 bridgehead atoms. The number of sulfone groups is 1. The summed E-state index contributed by atoms with van der Waals surface area (Å²) >= 11 is 0. The average Bonchev–Trinajstić information content (AvgIpc) is 2.41. The zero-order valence-corrected chi connectivity index (χ0v) is 12.5. The van der Waals surface area contributed by atoms with Crippen LogP contribution in [0.25, 0.3) is 0 Å². The minimum atomic E-state index is -3.94. The molecule has 5 nitrogen and oxygen atoms in total. The van der Waals surface area contributed by atoms with Crippen LogP contribution < -0.4 is 11.1 Å². The highest BCUT2D eigenvalue weighted by Gasteiger charge is 2.24. The Morgan fingerprint density at radius 1 is 1.29 bits per heavy atom. The lowest BCUT2D eigenvalue weighted by atomic mass is 9.95. The van der Waals surface area contributed by atoms with E-state index in [1.807, 2.05) is 0 Å². The minimum Gasteiger partial charge on any atom is -0.398 e. The fourth-order valence-electron chi connectivity index (χ4n) is 2.54. The van der Waals surface area contributed by atoms with Crippen molar-refractivity contribution in [3.05, 3.63) is 24.0 Å². The van der Waals surface area contributed by atoms with Gasteiger partial charge in [0.15, 0.2) is 9.84 Å². The van der Waals surface area contributed by atoms with Crippen LogP contribution in [0.2, 0.25) is 0 Å². The van der Waals surface area contributed by atoms with Gasteiger partial charge >= 0.3 is 0 Å². The molecule has 1 amide bonds. The lowest BCUT2D eigenvalue weighted by Crippen LogP contribution is -2.39. The fraction of sp³-hybridized carbons (Fsp3) is 0.500. The maximum Gasteiger partial charge on any atom is 0.235 e. The highest BCUT2D eigenvalue weighted by atomic mass is 32.2. The quantitative estimate of drug-likeness (QED) is 0.827. The molecule has 0 aromatic heterocycles. The van der Waals surface area contributed by atoms with Gasteiger partial charge in [0.25, 0.3) is 0 Å². The number of carbonyl (C=O) groups is 1. The van der Waals surface area contributed by atoms with Crippen LogP contribution in [-0.4, -0.2) is 26.1 Å². The number of amides is 1. The average molecular weight is 314 g/mol. The van der Waals surface area contributed by atoms with Crippen LogP contribution in [-0.2, 0) is 14.6 Å². The summed E-state index contributed by atoms with van der Waals surface area (Å²) in [5, 5.41) is 2.73. The largest absolute Gasteiger partial charge is 0.398 e. The smallest absolute Gasteiger partial charge is 0.235 e. The second kappa shape index (κ2) is 6.43. The highest BCUT2D eigenvalue weighted by molar-refractivity contribution is 7.92. The molecule has 116 valence electrons. The molecule has 1 fully saturated rings. The van der Waals surface area contributed by atoms with Gasteiger partial charge in [-0.3, -0.25) is 4.79 Å². The number of hydrogen-bond donors (Lipinski definition) is 2. The predicted octanol–water partition coefficient (Wildman–Crippen LogP) is 1.63. The molecule has 0 aliphatic heterocycles. The van der Waals surface area contributed by atoms with Crippen LogP contribution in [0.4, 0.5) is 10.1 Å². The molecule has 21 heavy (non-hydrogen) atoms. The molecule has 3 N–H and O–H groups in total. The molecule has 0 unspecified atom stereocenters. The van der Waals surface area contributed by atoms with Crippen LogP contribution >= 0.6 is 0 Å². The standard InChI is InChI=1S/C14H19FN2O3S/c15-10-6-7-12(16)13(8-10)21(19,20)9-14(18)17-11-4-2-1-3-5-11/h6-8,11H,1-5,9,16H2,(H,17,18). The summed E-state index contributed by atoms with van der Waals surface area (Å²) in [6.07, 6.45) is 4.95. The van der Waals surface area contributed by atoms with Crippen molar-refractivity contribution in [2.75, 3.05) is 11.5 Å². The normalized spacial score (nSPS) is 16.6. The second-order valence-electron chi connectivity index (χ2n) is 5.34. The van der Waals surface area contributed by atoms with Gasteiger partial charge in [-0.15, -0.1) is 0 Å². The molecule has 1 aliphatic rings. The fourth-order valence-corrected chi connectivity index (χ4v) is 3.85. The summed E-state index contributed by atoms with van der Waals surface area (Å²) in [7, 11) is -3.94. The molecular formula is C14H19FN2O3S. The van der Waals surface area contributed by atoms with Gasteiger partial charge in [-0.25, -0.2) is 12.8 Å². The molecule has 0 spiro atoms. The van der Waals surface area contributed by atoms with E-state index in [2.05, 4.69) is 5.32 Å². The summed E-state index contributed by atoms with van der Waals surface area (Å²) in [5.74, 6) is -1.97. The SMILES string of the molecule is Nc1ccc(F)cc1S(=O)(=O)CC(=O)NC1CCCCC1. The Balaban J connectivity index is 2.06. The summed E-state index contributed by atoms with van der Waals surface area (Å²) in [5.41, 5.74) is 5.50. The molecule has 0 saturated heterocycles. The Morgan fingerprint density at radius 3 is 2.62 bits per heavy atom. The molecular weight excluding hydrogens is 295 g/mol. The number of nitrogens with one attached hydrogen (secondary N) is 1. The van der Waals surface area contributed by atoms with E-state index in [0.717, 1.165) is 44.2 Å². The van der Waals surface area contributed by atoms with E-state index in [-0.39, 0.29) is 16.6 Å². The number of nitrogen functional groups attached to an aromatic ring is 1. The van der Waals surface area contributed by atoms with Crippen molar-refractivity contribution in [3.8, 4) is 0 Å². The third-order valence-corrected chi connectivity index (χ3v) is 5.27. The first kappa shape index (κ1) is 15.8. The van der Waals surface area contributed by atoms with Crippen molar-refractivity contribution in [1.29, 1.82) is 0 Å². The maximum absolute atomic E-state index is 13.2. The summed E-state index contributed by atoms with van der Waals surface area (Å²) in [4.78, 5) is 11.5. The zero-order valence-electron chi connectivity index (χ0n) is 11.6. The molecule has 1 aromatic rings. The Hall–Kier alpha value is -1.63. The van der Waals surface area contributed by atoms with E-state index >= 15 is 0 Å². The van der Waals surface area contributed by atoms with E-state index in [0.29, 0.717) is 0 Å². The van der Waals surface area contributed by atoms with Crippen LogP contribution in [0, 0.1) is 5.82 Å². The van der Waals surface area contributed by atoms with E-state index in [1.54, 1.807) is 0 Å². The molecule has 0 atom stereocenters. The topological polar surface area (TPSA) is 89.3 Å². The lowest BCUT2D eigenvalue weighted by Gasteiger charge is -2.22. The van der Waals surface area contributed by atoms with Crippen molar-refractivity contribution in [2.45, 2.75) is 43.0 Å². The highest BCUT2D eigenvalue weighted by Crippen LogP contribution is 2.21. The van der Waals surface area contributed by atoms with Gasteiger partial charge in [0.2, 0.25) is 5.91 Å². The van der Waals surface area contributed by atoms with Gasteiger partial charge in [0, 0.05) is 6.04 Å². The molecule has 0 radical (unpaired) electrons. The molecule has 0 heterocycles. The molecule has 1 aromatic carbocycles. The van der Waals surface area contributed by atoms with Crippen LogP contribution in [0.1, 0.15) is 32.1 Å². The first-order valence-electron chi connectivity index (χ1n) is 6.95. The number of benzene rings is 1.